The lowest BCUT2D eigenvalue weighted by Gasteiger charge is -2.26. The monoisotopic (exact) mass is 510 g/mol. The van der Waals surface area contributed by atoms with E-state index in [1.807, 2.05) is 20.8 Å². The Kier molecular flexibility index (Phi) is 12.6. The van der Waals surface area contributed by atoms with Crippen molar-refractivity contribution in [3.63, 3.8) is 0 Å². The molecule has 5 unspecified atom stereocenters. The molecule has 0 fully saturated rings. The lowest BCUT2D eigenvalue weighted by Crippen LogP contribution is -2.58. The normalized spacial score (nSPS) is 15.4. The maximum atomic E-state index is 13.0. The van der Waals surface area contributed by atoms with Gasteiger partial charge in [0, 0.05) is 5.75 Å². The van der Waals surface area contributed by atoms with Gasteiger partial charge in [-0.3, -0.25) is 14.4 Å². The number of carboxylic acid groups (broad SMARTS) is 1. The molecule has 1 rings (SSSR count). The van der Waals surface area contributed by atoms with Crippen LogP contribution < -0.4 is 21.7 Å². The predicted molar refractivity (Wildman–Crippen MR) is 136 cm³/mol. The average molecular weight is 511 g/mol. The summed E-state index contributed by atoms with van der Waals surface area (Å²) < 4.78 is 0. The maximum Gasteiger partial charge on any atom is 0.326 e. The standard InChI is InChI=1S/C24H38N4O6S/c1-5-14(4)20(24(33)34)28-23(32)19(12-35)27-22(31)18(10-13(2)3)26-21(30)17(25)11-15-6-8-16(29)9-7-15/h6-9,13-14,17-20,29,35H,5,10-12,25H2,1-4H3,(H,26,30)(H,27,31)(H,28,32)(H,33,34). The summed E-state index contributed by atoms with van der Waals surface area (Å²) >= 11 is 4.13. The molecule has 7 N–H and O–H groups in total. The van der Waals surface area contributed by atoms with Crippen LogP contribution in [0.5, 0.6) is 5.75 Å². The van der Waals surface area contributed by atoms with Crippen molar-refractivity contribution in [2.24, 2.45) is 17.6 Å². The van der Waals surface area contributed by atoms with E-state index < -0.39 is 47.9 Å². The van der Waals surface area contributed by atoms with Crippen LogP contribution in [0.4, 0.5) is 0 Å². The van der Waals surface area contributed by atoms with Gasteiger partial charge in [-0.05, 0) is 42.4 Å². The van der Waals surface area contributed by atoms with Crippen LogP contribution in [0.3, 0.4) is 0 Å². The Morgan fingerprint density at radius 1 is 0.943 bits per heavy atom. The van der Waals surface area contributed by atoms with Crippen LogP contribution >= 0.6 is 12.6 Å². The van der Waals surface area contributed by atoms with Gasteiger partial charge in [-0.2, -0.15) is 12.6 Å². The van der Waals surface area contributed by atoms with Crippen molar-refractivity contribution in [1.29, 1.82) is 0 Å². The highest BCUT2D eigenvalue weighted by Gasteiger charge is 2.31. The third-order valence-corrected chi connectivity index (χ3v) is 6.03. The van der Waals surface area contributed by atoms with Crippen molar-refractivity contribution in [2.45, 2.75) is 71.1 Å². The van der Waals surface area contributed by atoms with Crippen LogP contribution in [0.1, 0.15) is 46.1 Å². The summed E-state index contributed by atoms with van der Waals surface area (Å²) in [6.07, 6.45) is 1.05. The summed E-state index contributed by atoms with van der Waals surface area (Å²) in [5.41, 5.74) is 6.78. The summed E-state index contributed by atoms with van der Waals surface area (Å²) in [6, 6.07) is 2.22. The van der Waals surface area contributed by atoms with Crippen LogP contribution in [-0.4, -0.2) is 63.8 Å². The molecule has 0 bridgehead atoms. The van der Waals surface area contributed by atoms with E-state index in [1.54, 1.807) is 19.1 Å². The maximum absolute atomic E-state index is 13.0. The summed E-state index contributed by atoms with van der Waals surface area (Å²) in [6.45, 7) is 7.30. The molecular weight excluding hydrogens is 472 g/mol. The van der Waals surface area contributed by atoms with Gasteiger partial charge in [-0.15, -0.1) is 0 Å². The Hall–Kier alpha value is -2.79. The van der Waals surface area contributed by atoms with Crippen LogP contribution in [0, 0.1) is 11.8 Å². The molecule has 11 heteroatoms. The number of hydrogen-bond donors (Lipinski definition) is 7. The summed E-state index contributed by atoms with van der Waals surface area (Å²) in [5.74, 6) is -3.18. The van der Waals surface area contributed by atoms with Crippen molar-refractivity contribution < 1.29 is 29.4 Å². The van der Waals surface area contributed by atoms with E-state index in [0.717, 1.165) is 5.56 Å². The third-order valence-electron chi connectivity index (χ3n) is 5.66. The zero-order chi connectivity index (χ0) is 26.7. The van der Waals surface area contributed by atoms with E-state index >= 15 is 0 Å². The van der Waals surface area contributed by atoms with Gasteiger partial charge >= 0.3 is 5.97 Å². The number of nitrogens with one attached hydrogen (secondary N) is 3. The molecule has 0 saturated heterocycles. The van der Waals surface area contributed by atoms with Gasteiger partial charge in [-0.1, -0.05) is 46.2 Å². The number of nitrogens with two attached hydrogens (primary N) is 1. The second kappa shape index (κ2) is 14.6. The van der Waals surface area contributed by atoms with E-state index in [-0.39, 0.29) is 29.8 Å². The van der Waals surface area contributed by atoms with Gasteiger partial charge in [-0.25, -0.2) is 4.79 Å². The second-order valence-electron chi connectivity index (χ2n) is 9.12. The topological polar surface area (TPSA) is 171 Å². The number of phenolic OH excluding ortho intramolecular Hbond substituents is 1. The molecule has 0 aliphatic heterocycles. The number of aliphatic carboxylic acids is 1. The Bertz CT molecular complexity index is 864. The minimum absolute atomic E-state index is 0.0458. The number of benzene rings is 1. The minimum atomic E-state index is -1.16. The SMILES string of the molecule is CCC(C)C(NC(=O)C(CS)NC(=O)C(CC(C)C)NC(=O)C(N)Cc1ccc(O)cc1)C(=O)O. The van der Waals surface area contributed by atoms with Gasteiger partial charge < -0.3 is 31.9 Å². The molecule has 10 nitrogen and oxygen atoms in total. The Labute approximate surface area is 211 Å². The largest absolute Gasteiger partial charge is 0.508 e. The van der Waals surface area contributed by atoms with E-state index in [2.05, 4.69) is 28.6 Å². The molecule has 35 heavy (non-hydrogen) atoms. The molecule has 3 amide bonds. The van der Waals surface area contributed by atoms with E-state index in [9.17, 15) is 29.4 Å². The fourth-order valence-corrected chi connectivity index (χ4v) is 3.62. The second-order valence-corrected chi connectivity index (χ2v) is 9.49. The highest BCUT2D eigenvalue weighted by atomic mass is 32.1. The zero-order valence-electron chi connectivity index (χ0n) is 20.7. The molecule has 1 aromatic carbocycles. The number of rotatable bonds is 14. The number of carbonyl (C=O) groups excluding carboxylic acids is 3. The number of amides is 3. The summed E-state index contributed by atoms with van der Waals surface area (Å²) in [7, 11) is 0. The first kappa shape index (κ1) is 30.2. The molecule has 5 atom stereocenters. The lowest BCUT2D eigenvalue weighted by atomic mass is 9.99. The highest BCUT2D eigenvalue weighted by Crippen LogP contribution is 2.12. The number of carbonyl (C=O) groups is 4. The molecule has 0 aliphatic carbocycles. The smallest absolute Gasteiger partial charge is 0.326 e. The van der Waals surface area contributed by atoms with E-state index in [1.165, 1.54) is 12.1 Å². The van der Waals surface area contributed by atoms with E-state index in [4.69, 9.17) is 5.73 Å². The molecule has 1 aromatic rings. The summed E-state index contributed by atoms with van der Waals surface area (Å²) in [4.78, 5) is 49.9. The molecule has 0 radical (unpaired) electrons. The quantitative estimate of drug-likeness (QED) is 0.182. The lowest BCUT2D eigenvalue weighted by molar-refractivity contribution is -0.143. The predicted octanol–water partition coefficient (Wildman–Crippen LogP) is 0.823. The number of aromatic hydroxyl groups is 1. The number of thiol groups is 1. The molecule has 0 aliphatic rings. The Morgan fingerprint density at radius 2 is 1.49 bits per heavy atom. The molecule has 196 valence electrons. The van der Waals surface area contributed by atoms with Gasteiger partial charge in [0.05, 0.1) is 6.04 Å². The fraction of sp³-hybridized carbons (Fsp3) is 0.583. The van der Waals surface area contributed by atoms with Gasteiger partial charge in [0.15, 0.2) is 0 Å². The number of hydrogen-bond acceptors (Lipinski definition) is 7. The molecule has 0 saturated carbocycles. The van der Waals surface area contributed by atoms with Crippen LogP contribution in [0.2, 0.25) is 0 Å². The highest BCUT2D eigenvalue weighted by molar-refractivity contribution is 7.80. The number of phenols is 1. The first-order chi connectivity index (χ1) is 16.4. The van der Waals surface area contributed by atoms with Crippen molar-refractivity contribution in [3.05, 3.63) is 29.8 Å². The van der Waals surface area contributed by atoms with Crippen molar-refractivity contribution in [3.8, 4) is 5.75 Å². The molecule has 0 spiro atoms. The van der Waals surface area contributed by atoms with Crippen molar-refractivity contribution >= 4 is 36.3 Å². The Morgan fingerprint density at radius 3 is 1.97 bits per heavy atom. The molecular formula is C24H38N4O6S. The third kappa shape index (κ3) is 10.2. The minimum Gasteiger partial charge on any atom is -0.508 e. The average Bonchev–Trinajstić information content (AvgIpc) is 2.80. The first-order valence-electron chi connectivity index (χ1n) is 11.7. The van der Waals surface area contributed by atoms with Crippen LogP contribution in [-0.2, 0) is 25.6 Å². The van der Waals surface area contributed by atoms with Crippen molar-refractivity contribution in [1.82, 2.24) is 16.0 Å². The van der Waals surface area contributed by atoms with Gasteiger partial charge in [0.25, 0.3) is 0 Å². The first-order valence-corrected chi connectivity index (χ1v) is 12.3. The van der Waals surface area contributed by atoms with Gasteiger partial charge in [0.1, 0.15) is 23.9 Å². The Balaban J connectivity index is 2.87. The zero-order valence-corrected chi connectivity index (χ0v) is 21.5. The number of carboxylic acids is 1. The molecule has 0 aromatic heterocycles. The van der Waals surface area contributed by atoms with Crippen LogP contribution in [0.15, 0.2) is 24.3 Å². The van der Waals surface area contributed by atoms with E-state index in [0.29, 0.717) is 12.8 Å². The van der Waals surface area contributed by atoms with Gasteiger partial charge in [0.2, 0.25) is 17.7 Å². The summed E-state index contributed by atoms with van der Waals surface area (Å²) in [5, 5.41) is 26.5. The molecule has 0 heterocycles. The van der Waals surface area contributed by atoms with Crippen molar-refractivity contribution in [2.75, 3.05) is 5.75 Å². The fourth-order valence-electron chi connectivity index (χ4n) is 3.36. The van der Waals surface area contributed by atoms with Crippen LogP contribution in [0.25, 0.3) is 0 Å².